The maximum atomic E-state index is 11.1. The smallest absolute Gasteiger partial charge is 0.234 e. The van der Waals surface area contributed by atoms with Crippen LogP contribution in [0.4, 0.5) is 0 Å². The third-order valence-corrected chi connectivity index (χ3v) is 3.02. The van der Waals surface area contributed by atoms with E-state index in [0.717, 1.165) is 11.3 Å². The van der Waals surface area contributed by atoms with Crippen LogP contribution in [0.3, 0.4) is 0 Å². The molecule has 0 aliphatic heterocycles. The van der Waals surface area contributed by atoms with Gasteiger partial charge in [-0.2, -0.15) is 0 Å². The van der Waals surface area contributed by atoms with E-state index in [0.29, 0.717) is 12.2 Å². The molecule has 1 amide bonds. The van der Waals surface area contributed by atoms with Crippen LogP contribution in [0.25, 0.3) is 5.69 Å². The Kier molecular flexibility index (Phi) is 3.91. The molecule has 0 saturated heterocycles. The number of hydrogen-bond acceptors (Lipinski definition) is 4. The van der Waals surface area contributed by atoms with Crippen molar-refractivity contribution in [3.63, 3.8) is 0 Å². The zero-order valence-electron chi connectivity index (χ0n) is 11.1. The number of benzene rings is 1. The summed E-state index contributed by atoms with van der Waals surface area (Å²) in [5, 5.41) is 10.8. The van der Waals surface area contributed by atoms with Gasteiger partial charge in [0.2, 0.25) is 5.91 Å². The Balaban J connectivity index is 2.17. The normalized spacial score (nSPS) is 10.5. The molecule has 0 fully saturated rings. The number of carbonyl (C=O) groups excluding carboxylic acids is 1. The summed E-state index contributed by atoms with van der Waals surface area (Å²) in [5.41, 5.74) is 9.26. The van der Waals surface area contributed by atoms with Gasteiger partial charge in [0.1, 0.15) is 5.69 Å². The fourth-order valence-corrected chi connectivity index (χ4v) is 1.74. The number of aromatic nitrogens is 3. The van der Waals surface area contributed by atoms with Gasteiger partial charge < -0.3 is 11.1 Å². The lowest BCUT2D eigenvalue weighted by Crippen LogP contribution is -2.29. The summed E-state index contributed by atoms with van der Waals surface area (Å²) in [7, 11) is 0. The Labute approximate surface area is 111 Å². The van der Waals surface area contributed by atoms with E-state index in [2.05, 4.69) is 28.6 Å². The summed E-state index contributed by atoms with van der Waals surface area (Å²) in [6.45, 7) is 4.41. The molecule has 0 saturated carbocycles. The van der Waals surface area contributed by atoms with Gasteiger partial charge >= 0.3 is 0 Å². The van der Waals surface area contributed by atoms with Crippen molar-refractivity contribution in [3.8, 4) is 5.69 Å². The molecule has 2 aromatic rings. The highest BCUT2D eigenvalue weighted by Crippen LogP contribution is 2.16. The third-order valence-electron chi connectivity index (χ3n) is 3.02. The fraction of sp³-hybridized carbons (Fsp3) is 0.308. The molecule has 2 rings (SSSR count). The standard InChI is InChI=1S/C13H17N5O/c1-9-4-3-5-12(10(9)2)18-8-11(16-17-18)7-15-13(19)6-14/h3-5,8H,6-7,14H2,1-2H3,(H,15,19). The molecule has 0 radical (unpaired) electrons. The van der Waals surface area contributed by atoms with Crippen molar-refractivity contribution in [2.45, 2.75) is 20.4 Å². The van der Waals surface area contributed by atoms with Crippen molar-refractivity contribution < 1.29 is 4.79 Å². The molecule has 0 aliphatic carbocycles. The van der Waals surface area contributed by atoms with Crippen LogP contribution in [0, 0.1) is 13.8 Å². The number of amides is 1. The van der Waals surface area contributed by atoms with E-state index in [1.807, 2.05) is 19.1 Å². The third kappa shape index (κ3) is 2.97. The molecule has 0 bridgehead atoms. The lowest BCUT2D eigenvalue weighted by molar-refractivity contribution is -0.119. The Morgan fingerprint density at radius 2 is 2.21 bits per heavy atom. The summed E-state index contributed by atoms with van der Waals surface area (Å²) in [5.74, 6) is -0.207. The number of nitrogens with two attached hydrogens (primary N) is 1. The minimum atomic E-state index is -0.207. The zero-order chi connectivity index (χ0) is 13.8. The Hall–Kier alpha value is -2.21. The molecule has 19 heavy (non-hydrogen) atoms. The SMILES string of the molecule is Cc1cccc(-n2cc(CNC(=O)CN)nn2)c1C. The number of nitrogens with zero attached hydrogens (tertiary/aromatic N) is 3. The van der Waals surface area contributed by atoms with Gasteiger partial charge in [0.25, 0.3) is 0 Å². The first-order valence-electron chi connectivity index (χ1n) is 6.06. The van der Waals surface area contributed by atoms with Crippen molar-refractivity contribution >= 4 is 5.91 Å². The molecular formula is C13H17N5O. The molecule has 0 aliphatic rings. The molecule has 1 heterocycles. The number of rotatable bonds is 4. The molecular weight excluding hydrogens is 242 g/mol. The first kappa shape index (κ1) is 13.2. The summed E-state index contributed by atoms with van der Waals surface area (Å²) in [4.78, 5) is 11.1. The summed E-state index contributed by atoms with van der Waals surface area (Å²) >= 11 is 0. The molecule has 6 nitrogen and oxygen atoms in total. The van der Waals surface area contributed by atoms with Crippen LogP contribution in [-0.2, 0) is 11.3 Å². The fourth-order valence-electron chi connectivity index (χ4n) is 1.74. The monoisotopic (exact) mass is 259 g/mol. The lowest BCUT2D eigenvalue weighted by atomic mass is 10.1. The van der Waals surface area contributed by atoms with Gasteiger partial charge in [0, 0.05) is 0 Å². The lowest BCUT2D eigenvalue weighted by Gasteiger charge is -2.06. The van der Waals surface area contributed by atoms with Crippen molar-refractivity contribution in [2.24, 2.45) is 5.73 Å². The van der Waals surface area contributed by atoms with Gasteiger partial charge in [-0.25, -0.2) is 4.68 Å². The molecule has 100 valence electrons. The number of aryl methyl sites for hydroxylation is 1. The minimum Gasteiger partial charge on any atom is -0.349 e. The molecule has 6 heteroatoms. The highest BCUT2D eigenvalue weighted by molar-refractivity contribution is 5.77. The van der Waals surface area contributed by atoms with E-state index >= 15 is 0 Å². The van der Waals surface area contributed by atoms with Gasteiger partial charge in [0.15, 0.2) is 0 Å². The van der Waals surface area contributed by atoms with Crippen molar-refractivity contribution in [3.05, 3.63) is 41.2 Å². The summed E-state index contributed by atoms with van der Waals surface area (Å²) < 4.78 is 1.71. The van der Waals surface area contributed by atoms with E-state index in [4.69, 9.17) is 5.73 Å². The quantitative estimate of drug-likeness (QED) is 0.835. The predicted octanol–water partition coefficient (Wildman–Crippen LogP) is 0.459. The zero-order valence-corrected chi connectivity index (χ0v) is 11.1. The van der Waals surface area contributed by atoms with Crippen LogP contribution in [-0.4, -0.2) is 27.4 Å². The number of nitrogens with one attached hydrogen (secondary N) is 1. The second kappa shape index (κ2) is 5.62. The molecule has 3 N–H and O–H groups in total. The van der Waals surface area contributed by atoms with Crippen LogP contribution >= 0.6 is 0 Å². The number of hydrogen-bond donors (Lipinski definition) is 2. The Morgan fingerprint density at radius 1 is 1.42 bits per heavy atom. The van der Waals surface area contributed by atoms with Crippen LogP contribution in [0.2, 0.25) is 0 Å². The average Bonchev–Trinajstić information content (AvgIpc) is 2.87. The largest absolute Gasteiger partial charge is 0.349 e. The average molecular weight is 259 g/mol. The van der Waals surface area contributed by atoms with Crippen LogP contribution in [0.1, 0.15) is 16.8 Å². The maximum Gasteiger partial charge on any atom is 0.234 e. The van der Waals surface area contributed by atoms with Gasteiger partial charge in [-0.3, -0.25) is 4.79 Å². The molecule has 1 aromatic carbocycles. The van der Waals surface area contributed by atoms with Crippen molar-refractivity contribution in [2.75, 3.05) is 6.54 Å². The molecule has 0 spiro atoms. The van der Waals surface area contributed by atoms with Crippen LogP contribution in [0.5, 0.6) is 0 Å². The second-order valence-corrected chi connectivity index (χ2v) is 4.35. The number of carbonyl (C=O) groups is 1. The summed E-state index contributed by atoms with van der Waals surface area (Å²) in [6.07, 6.45) is 1.80. The second-order valence-electron chi connectivity index (χ2n) is 4.35. The van der Waals surface area contributed by atoms with Crippen molar-refractivity contribution in [1.82, 2.24) is 20.3 Å². The van der Waals surface area contributed by atoms with Gasteiger partial charge in [-0.15, -0.1) is 5.10 Å². The predicted molar refractivity (Wildman–Crippen MR) is 71.7 cm³/mol. The van der Waals surface area contributed by atoms with E-state index in [1.54, 1.807) is 10.9 Å². The van der Waals surface area contributed by atoms with Gasteiger partial charge in [-0.05, 0) is 31.0 Å². The first-order valence-corrected chi connectivity index (χ1v) is 6.06. The molecule has 1 aromatic heterocycles. The highest BCUT2D eigenvalue weighted by atomic mass is 16.1. The summed E-state index contributed by atoms with van der Waals surface area (Å²) in [6, 6.07) is 6.02. The van der Waals surface area contributed by atoms with E-state index in [9.17, 15) is 4.79 Å². The van der Waals surface area contributed by atoms with E-state index in [1.165, 1.54) is 5.56 Å². The van der Waals surface area contributed by atoms with E-state index in [-0.39, 0.29) is 12.5 Å². The Morgan fingerprint density at radius 3 is 2.95 bits per heavy atom. The first-order chi connectivity index (χ1) is 9.11. The Bertz CT molecular complexity index is 590. The molecule has 0 unspecified atom stereocenters. The van der Waals surface area contributed by atoms with Crippen LogP contribution in [0.15, 0.2) is 24.4 Å². The highest BCUT2D eigenvalue weighted by Gasteiger charge is 2.07. The van der Waals surface area contributed by atoms with Gasteiger partial charge in [-0.1, -0.05) is 17.3 Å². The van der Waals surface area contributed by atoms with Crippen molar-refractivity contribution in [1.29, 1.82) is 0 Å². The minimum absolute atomic E-state index is 0.0227. The van der Waals surface area contributed by atoms with Gasteiger partial charge in [0.05, 0.1) is 25.0 Å². The topological polar surface area (TPSA) is 85.8 Å². The maximum absolute atomic E-state index is 11.1. The van der Waals surface area contributed by atoms with Crippen LogP contribution < -0.4 is 11.1 Å². The van der Waals surface area contributed by atoms with E-state index < -0.39 is 0 Å². The molecule has 0 atom stereocenters.